The Morgan fingerprint density at radius 3 is 2.57 bits per heavy atom. The Kier molecular flexibility index (Phi) is 3.79. The van der Waals surface area contributed by atoms with Crippen molar-refractivity contribution in [2.24, 2.45) is 0 Å². The molecule has 0 atom stereocenters. The number of imidazole rings is 1. The lowest BCUT2D eigenvalue weighted by atomic mass is 10.1. The van der Waals surface area contributed by atoms with E-state index in [1.54, 1.807) is 12.1 Å². The zero-order valence-corrected chi connectivity index (χ0v) is 13.1. The van der Waals surface area contributed by atoms with Crippen LogP contribution in [0.1, 0.15) is 13.3 Å². The van der Waals surface area contributed by atoms with Crippen molar-refractivity contribution in [1.29, 1.82) is 0 Å². The van der Waals surface area contributed by atoms with Crippen molar-refractivity contribution in [3.05, 3.63) is 46.4 Å². The zero-order valence-electron chi connectivity index (χ0n) is 11.6. The van der Waals surface area contributed by atoms with Crippen LogP contribution >= 0.6 is 23.2 Å². The van der Waals surface area contributed by atoms with E-state index in [0.717, 1.165) is 29.8 Å². The lowest BCUT2D eigenvalue weighted by Gasteiger charge is -2.12. The molecule has 0 spiro atoms. The summed E-state index contributed by atoms with van der Waals surface area (Å²) in [4.78, 5) is 4.70. The fraction of sp³-hybridized carbons (Fsp3) is 0.188. The number of rotatable bonds is 3. The first-order valence-corrected chi connectivity index (χ1v) is 7.58. The maximum Gasteiger partial charge on any atom is 0.144 e. The van der Waals surface area contributed by atoms with Crippen molar-refractivity contribution >= 4 is 39.9 Å². The van der Waals surface area contributed by atoms with Crippen molar-refractivity contribution in [1.82, 2.24) is 9.55 Å². The molecule has 108 valence electrons. The van der Waals surface area contributed by atoms with E-state index in [0.29, 0.717) is 21.3 Å². The molecular formula is C16H15Cl2N3. The number of nitrogens with zero attached hydrogens (tertiary/aromatic N) is 2. The van der Waals surface area contributed by atoms with Gasteiger partial charge in [0.15, 0.2) is 0 Å². The number of nitrogens with two attached hydrogens (primary N) is 1. The lowest BCUT2D eigenvalue weighted by molar-refractivity contribution is 0.704. The summed E-state index contributed by atoms with van der Waals surface area (Å²) < 4.78 is 2.14. The largest absolute Gasteiger partial charge is 0.397 e. The smallest absolute Gasteiger partial charge is 0.144 e. The first kappa shape index (κ1) is 14.2. The van der Waals surface area contributed by atoms with E-state index in [4.69, 9.17) is 33.9 Å². The molecule has 0 aliphatic rings. The van der Waals surface area contributed by atoms with Gasteiger partial charge in [0.2, 0.25) is 0 Å². The number of fused-ring (bicyclic) bond motifs is 1. The topological polar surface area (TPSA) is 43.8 Å². The summed E-state index contributed by atoms with van der Waals surface area (Å²) in [5.41, 5.74) is 9.31. The van der Waals surface area contributed by atoms with E-state index in [1.807, 2.05) is 18.2 Å². The minimum Gasteiger partial charge on any atom is -0.397 e. The number of para-hydroxylation sites is 2. The second-order valence-corrected chi connectivity index (χ2v) is 5.71. The SMILES string of the molecule is CCCn1c(-c2c(Cl)ccc(Cl)c2N)nc2ccccc21. The molecule has 21 heavy (non-hydrogen) atoms. The molecule has 3 nitrogen and oxygen atoms in total. The zero-order chi connectivity index (χ0) is 15.0. The molecule has 1 aromatic heterocycles. The average molecular weight is 320 g/mol. The summed E-state index contributed by atoms with van der Waals surface area (Å²) in [6.45, 7) is 2.97. The van der Waals surface area contributed by atoms with E-state index < -0.39 is 0 Å². The summed E-state index contributed by atoms with van der Waals surface area (Å²) in [7, 11) is 0. The van der Waals surface area contributed by atoms with E-state index in [9.17, 15) is 0 Å². The fourth-order valence-electron chi connectivity index (χ4n) is 2.51. The van der Waals surface area contributed by atoms with Gasteiger partial charge in [-0.15, -0.1) is 0 Å². The van der Waals surface area contributed by atoms with Crippen molar-refractivity contribution < 1.29 is 0 Å². The normalized spacial score (nSPS) is 11.2. The molecule has 0 aliphatic heterocycles. The fourth-order valence-corrected chi connectivity index (χ4v) is 2.92. The van der Waals surface area contributed by atoms with Gasteiger partial charge in [0.25, 0.3) is 0 Å². The van der Waals surface area contributed by atoms with Crippen LogP contribution in [0, 0.1) is 0 Å². The van der Waals surface area contributed by atoms with Crippen LogP contribution < -0.4 is 5.73 Å². The minimum absolute atomic E-state index is 0.469. The molecule has 0 fully saturated rings. The lowest BCUT2D eigenvalue weighted by Crippen LogP contribution is -2.02. The summed E-state index contributed by atoms with van der Waals surface area (Å²) in [6.07, 6.45) is 0.992. The van der Waals surface area contributed by atoms with Crippen LogP contribution in [-0.2, 0) is 6.54 Å². The molecular weight excluding hydrogens is 305 g/mol. The molecule has 5 heteroatoms. The number of nitrogen functional groups attached to an aromatic ring is 1. The van der Waals surface area contributed by atoms with E-state index in [-0.39, 0.29) is 0 Å². The number of benzene rings is 2. The standard InChI is InChI=1S/C16H15Cl2N3/c1-2-9-21-13-6-4-3-5-12(13)20-16(21)14-10(17)7-8-11(18)15(14)19/h3-8H,2,9,19H2,1H3. The third-order valence-electron chi connectivity index (χ3n) is 3.47. The molecule has 2 N–H and O–H groups in total. The van der Waals surface area contributed by atoms with Crippen LogP contribution in [0.4, 0.5) is 5.69 Å². The van der Waals surface area contributed by atoms with Gasteiger partial charge >= 0.3 is 0 Å². The van der Waals surface area contributed by atoms with Crippen LogP contribution in [0.25, 0.3) is 22.4 Å². The Morgan fingerprint density at radius 1 is 1.10 bits per heavy atom. The molecule has 0 aliphatic carbocycles. The number of anilines is 1. The van der Waals surface area contributed by atoms with Gasteiger partial charge in [-0.2, -0.15) is 0 Å². The Hall–Kier alpha value is -1.71. The Labute approximate surface area is 133 Å². The van der Waals surface area contributed by atoms with E-state index in [1.165, 1.54) is 0 Å². The van der Waals surface area contributed by atoms with E-state index in [2.05, 4.69) is 17.6 Å². The highest BCUT2D eigenvalue weighted by Crippen LogP contribution is 2.38. The Bertz CT molecular complexity index is 809. The van der Waals surface area contributed by atoms with Crippen molar-refractivity contribution in [3.8, 4) is 11.4 Å². The first-order valence-electron chi connectivity index (χ1n) is 6.82. The molecule has 0 unspecified atom stereocenters. The van der Waals surface area contributed by atoms with Gasteiger partial charge in [-0.3, -0.25) is 0 Å². The Morgan fingerprint density at radius 2 is 1.81 bits per heavy atom. The predicted octanol–water partition coefficient (Wildman–Crippen LogP) is 5.00. The quantitative estimate of drug-likeness (QED) is 0.690. The minimum atomic E-state index is 0.469. The number of aryl methyl sites for hydroxylation is 1. The summed E-state index contributed by atoms with van der Waals surface area (Å²) >= 11 is 12.5. The monoisotopic (exact) mass is 319 g/mol. The first-order chi connectivity index (χ1) is 10.1. The van der Waals surface area contributed by atoms with Crippen LogP contribution in [0.15, 0.2) is 36.4 Å². The number of hydrogen-bond donors (Lipinski definition) is 1. The predicted molar refractivity (Wildman–Crippen MR) is 89.9 cm³/mol. The van der Waals surface area contributed by atoms with Crippen molar-refractivity contribution in [3.63, 3.8) is 0 Å². The highest BCUT2D eigenvalue weighted by Gasteiger charge is 2.18. The number of aromatic nitrogens is 2. The number of halogens is 2. The maximum absolute atomic E-state index is 6.34. The highest BCUT2D eigenvalue weighted by atomic mass is 35.5. The van der Waals surface area contributed by atoms with Crippen LogP contribution in [0.5, 0.6) is 0 Å². The third-order valence-corrected chi connectivity index (χ3v) is 4.11. The van der Waals surface area contributed by atoms with Crippen LogP contribution in [-0.4, -0.2) is 9.55 Å². The molecule has 0 saturated heterocycles. The van der Waals surface area contributed by atoms with Crippen LogP contribution in [0.3, 0.4) is 0 Å². The maximum atomic E-state index is 6.34. The van der Waals surface area contributed by atoms with Gasteiger partial charge in [-0.1, -0.05) is 42.3 Å². The van der Waals surface area contributed by atoms with Gasteiger partial charge in [0.05, 0.1) is 32.3 Å². The average Bonchev–Trinajstić information content (AvgIpc) is 2.83. The second-order valence-electron chi connectivity index (χ2n) is 4.89. The molecule has 0 saturated carbocycles. The van der Waals surface area contributed by atoms with Gasteiger partial charge in [-0.25, -0.2) is 4.98 Å². The highest BCUT2D eigenvalue weighted by molar-refractivity contribution is 6.37. The molecule has 3 aromatic rings. The second kappa shape index (κ2) is 5.58. The van der Waals surface area contributed by atoms with Gasteiger partial charge < -0.3 is 10.3 Å². The van der Waals surface area contributed by atoms with Gasteiger partial charge in [-0.05, 0) is 30.7 Å². The Balaban J connectivity index is 2.35. The van der Waals surface area contributed by atoms with Gasteiger partial charge in [0, 0.05) is 6.54 Å². The third kappa shape index (κ3) is 2.37. The number of hydrogen-bond acceptors (Lipinski definition) is 2. The van der Waals surface area contributed by atoms with E-state index >= 15 is 0 Å². The van der Waals surface area contributed by atoms with Gasteiger partial charge in [0.1, 0.15) is 5.82 Å². The van der Waals surface area contributed by atoms with Crippen LogP contribution in [0.2, 0.25) is 10.0 Å². The van der Waals surface area contributed by atoms with Crippen molar-refractivity contribution in [2.75, 3.05) is 5.73 Å². The molecule has 1 heterocycles. The summed E-state index contributed by atoms with van der Waals surface area (Å²) in [5.74, 6) is 0.767. The molecule has 0 amide bonds. The van der Waals surface area contributed by atoms with Crippen molar-refractivity contribution in [2.45, 2.75) is 19.9 Å². The molecule has 2 aromatic carbocycles. The summed E-state index contributed by atoms with van der Waals surface area (Å²) in [5, 5.41) is 1.05. The molecule has 0 bridgehead atoms. The molecule has 3 rings (SSSR count). The summed E-state index contributed by atoms with van der Waals surface area (Å²) in [6, 6.07) is 11.5. The molecule has 0 radical (unpaired) electrons.